The highest BCUT2D eigenvalue weighted by Crippen LogP contribution is 2.40. The van der Waals surface area contributed by atoms with Gasteiger partial charge in [-0.05, 0) is 94.9 Å². The number of unbranched alkanes of at least 4 members (excludes halogenated alkanes) is 3. The van der Waals surface area contributed by atoms with Gasteiger partial charge in [0.2, 0.25) is 0 Å². The Hall–Kier alpha value is -3.02. The average molecular weight is 655 g/mol. The fourth-order valence-corrected chi connectivity index (χ4v) is 5.08. The summed E-state index contributed by atoms with van der Waals surface area (Å²) in [5, 5.41) is 21.9. The third kappa shape index (κ3) is 14.7. The highest BCUT2D eigenvalue weighted by atomic mass is 16.5. The van der Waals surface area contributed by atoms with E-state index in [1.54, 1.807) is 0 Å². The van der Waals surface area contributed by atoms with Crippen LogP contribution in [0.3, 0.4) is 0 Å². The maximum atomic E-state index is 12.4. The SMILES string of the molecule is C=C(/C(O)=C(\C=C(/C)CCC(=O)OCCCCCCOC(=O)CCc1cc(C(C)(C)C)c(O)c(C(C)(C)C)c1)C(C)(C)C)C(C)(C)C. The molecule has 0 saturated carbocycles. The summed E-state index contributed by atoms with van der Waals surface area (Å²) >= 11 is 0. The van der Waals surface area contributed by atoms with Gasteiger partial charge < -0.3 is 19.7 Å². The molecule has 0 heterocycles. The Morgan fingerprint density at radius 3 is 1.57 bits per heavy atom. The second kappa shape index (κ2) is 17.4. The summed E-state index contributed by atoms with van der Waals surface area (Å²) < 4.78 is 10.9. The van der Waals surface area contributed by atoms with Gasteiger partial charge in [0.25, 0.3) is 0 Å². The van der Waals surface area contributed by atoms with Gasteiger partial charge >= 0.3 is 11.9 Å². The van der Waals surface area contributed by atoms with Crippen LogP contribution in [0, 0.1) is 10.8 Å². The van der Waals surface area contributed by atoms with Crippen molar-refractivity contribution in [1.29, 1.82) is 0 Å². The number of carbonyl (C=O) groups is 2. The van der Waals surface area contributed by atoms with Crippen molar-refractivity contribution in [2.24, 2.45) is 10.8 Å². The maximum Gasteiger partial charge on any atom is 0.306 e. The molecule has 0 fully saturated rings. The van der Waals surface area contributed by atoms with Crippen molar-refractivity contribution in [2.75, 3.05) is 13.2 Å². The molecule has 266 valence electrons. The van der Waals surface area contributed by atoms with Crippen molar-refractivity contribution in [2.45, 2.75) is 152 Å². The van der Waals surface area contributed by atoms with Crippen LogP contribution in [-0.4, -0.2) is 35.4 Å². The molecule has 0 aliphatic carbocycles. The number of phenolic OH excluding ortho intramolecular Hbond substituents is 1. The van der Waals surface area contributed by atoms with Crippen LogP contribution in [0.4, 0.5) is 0 Å². The topological polar surface area (TPSA) is 93.1 Å². The Balaban J connectivity index is 2.43. The van der Waals surface area contributed by atoms with Gasteiger partial charge in [-0.15, -0.1) is 0 Å². The number of ether oxygens (including phenoxy) is 2. The summed E-state index contributed by atoms with van der Waals surface area (Å²) in [5.41, 5.74) is 4.38. The van der Waals surface area contributed by atoms with Crippen molar-refractivity contribution in [3.63, 3.8) is 0 Å². The summed E-state index contributed by atoms with van der Waals surface area (Å²) in [4.78, 5) is 24.8. The van der Waals surface area contributed by atoms with E-state index in [9.17, 15) is 19.8 Å². The number of carbonyl (C=O) groups excluding carboxylic acids is 2. The van der Waals surface area contributed by atoms with E-state index in [0.29, 0.717) is 43.8 Å². The van der Waals surface area contributed by atoms with Crippen LogP contribution in [-0.2, 0) is 36.3 Å². The molecule has 2 N–H and O–H groups in total. The molecule has 0 amide bonds. The predicted molar refractivity (Wildman–Crippen MR) is 195 cm³/mol. The zero-order valence-corrected chi connectivity index (χ0v) is 32.0. The van der Waals surface area contributed by atoms with Crippen molar-refractivity contribution < 1.29 is 29.3 Å². The Morgan fingerprint density at radius 2 is 1.17 bits per heavy atom. The van der Waals surface area contributed by atoms with Crippen LogP contribution < -0.4 is 0 Å². The molecule has 6 nitrogen and oxygen atoms in total. The van der Waals surface area contributed by atoms with Crippen molar-refractivity contribution in [3.8, 4) is 5.75 Å². The molecule has 1 aromatic rings. The first-order valence-corrected chi connectivity index (χ1v) is 17.3. The molecule has 0 saturated heterocycles. The number of phenols is 1. The minimum atomic E-state index is -0.279. The van der Waals surface area contributed by atoms with Crippen LogP contribution in [0.25, 0.3) is 0 Å². The second-order valence-corrected chi connectivity index (χ2v) is 17.1. The number of allylic oxidation sites excluding steroid dienone is 4. The largest absolute Gasteiger partial charge is 0.507 e. The van der Waals surface area contributed by atoms with E-state index in [1.165, 1.54) is 0 Å². The van der Waals surface area contributed by atoms with Gasteiger partial charge in [0, 0.05) is 12.8 Å². The molecule has 0 bridgehead atoms. The Bertz CT molecular complexity index is 1250. The molecular weight excluding hydrogens is 588 g/mol. The monoisotopic (exact) mass is 654 g/mol. The first-order chi connectivity index (χ1) is 21.4. The number of aliphatic hydroxyl groups is 1. The lowest BCUT2D eigenvalue weighted by Crippen LogP contribution is -2.18. The predicted octanol–water partition coefficient (Wildman–Crippen LogP) is 10.8. The summed E-state index contributed by atoms with van der Waals surface area (Å²) in [5.74, 6) is 0.122. The third-order valence-electron chi connectivity index (χ3n) is 8.34. The molecule has 0 radical (unpaired) electrons. The lowest BCUT2D eigenvalue weighted by molar-refractivity contribution is -0.145. The summed E-state index contributed by atoms with van der Waals surface area (Å²) in [7, 11) is 0. The molecule has 1 rings (SSSR count). The third-order valence-corrected chi connectivity index (χ3v) is 8.34. The summed E-state index contributed by atoms with van der Waals surface area (Å²) in [6.45, 7) is 31.6. The van der Waals surface area contributed by atoms with Crippen molar-refractivity contribution >= 4 is 11.9 Å². The maximum absolute atomic E-state index is 12.4. The highest BCUT2D eigenvalue weighted by molar-refractivity contribution is 5.70. The molecule has 1 aromatic carbocycles. The van der Waals surface area contributed by atoms with Crippen molar-refractivity contribution in [3.05, 3.63) is 64.0 Å². The molecule has 0 aliphatic heterocycles. The normalized spacial score (nSPS) is 13.7. The molecule has 0 aliphatic rings. The number of hydrogen-bond donors (Lipinski definition) is 2. The van der Waals surface area contributed by atoms with Crippen LogP contribution >= 0.6 is 0 Å². The minimum absolute atomic E-state index is 0.211. The Kier molecular flexibility index (Phi) is 15.5. The lowest BCUT2D eigenvalue weighted by atomic mass is 9.78. The van der Waals surface area contributed by atoms with E-state index in [4.69, 9.17) is 9.47 Å². The zero-order chi connectivity index (χ0) is 36.4. The number of aryl methyl sites for hydroxylation is 1. The molecule has 0 unspecified atom stereocenters. The van der Waals surface area contributed by atoms with Gasteiger partial charge in [-0.2, -0.15) is 0 Å². The fourth-order valence-electron chi connectivity index (χ4n) is 5.08. The quantitative estimate of drug-likeness (QED) is 0.0846. The van der Waals surface area contributed by atoms with Gasteiger partial charge in [0.15, 0.2) is 0 Å². The van der Waals surface area contributed by atoms with Gasteiger partial charge in [-0.1, -0.05) is 113 Å². The first-order valence-electron chi connectivity index (χ1n) is 17.3. The van der Waals surface area contributed by atoms with E-state index < -0.39 is 0 Å². The van der Waals surface area contributed by atoms with Crippen LogP contribution in [0.2, 0.25) is 0 Å². The lowest BCUT2D eigenvalue weighted by Gasteiger charge is -2.28. The minimum Gasteiger partial charge on any atom is -0.507 e. The van der Waals surface area contributed by atoms with Gasteiger partial charge in [0.1, 0.15) is 11.5 Å². The number of rotatable bonds is 15. The summed E-state index contributed by atoms with van der Waals surface area (Å²) in [6.07, 6.45) is 6.99. The van der Waals surface area contributed by atoms with Crippen LogP contribution in [0.5, 0.6) is 5.75 Å². The first kappa shape index (κ1) is 42.0. The number of esters is 2. The average Bonchev–Trinajstić information content (AvgIpc) is 2.92. The number of hydrogen-bond acceptors (Lipinski definition) is 6. The van der Waals surface area contributed by atoms with E-state index in [2.05, 4.69) is 68.9 Å². The second-order valence-electron chi connectivity index (χ2n) is 17.1. The fraction of sp³-hybridized carbons (Fsp3) is 0.659. The summed E-state index contributed by atoms with van der Waals surface area (Å²) in [6, 6.07) is 4.03. The van der Waals surface area contributed by atoms with E-state index in [-0.39, 0.29) is 45.8 Å². The molecular formula is C41H66O6. The van der Waals surface area contributed by atoms with E-state index >= 15 is 0 Å². The molecule has 6 heteroatoms. The van der Waals surface area contributed by atoms with Gasteiger partial charge in [-0.3, -0.25) is 9.59 Å². The molecule has 0 spiro atoms. The Labute approximate surface area is 286 Å². The standard InChI is InChI=1S/C41H66O6/c1-28(25-31(39(6,7)8)36(44)29(2)38(3,4)5)19-21-34(42)46-23-17-15-16-18-24-47-35(43)22-20-30-26-32(40(9,10)11)37(45)33(27-30)41(12,13)14/h25-27,44-45H,2,15-24H2,1,3-14H3/b28-25+,36-31-. The smallest absolute Gasteiger partial charge is 0.306 e. The zero-order valence-electron chi connectivity index (χ0n) is 32.0. The molecule has 0 atom stereocenters. The number of aromatic hydroxyl groups is 1. The molecule has 47 heavy (non-hydrogen) atoms. The molecule has 0 aromatic heterocycles. The van der Waals surface area contributed by atoms with E-state index in [0.717, 1.165) is 53.5 Å². The van der Waals surface area contributed by atoms with Gasteiger partial charge in [-0.25, -0.2) is 0 Å². The Morgan fingerprint density at radius 1 is 0.723 bits per heavy atom. The van der Waals surface area contributed by atoms with Gasteiger partial charge in [0.05, 0.1) is 13.2 Å². The highest BCUT2D eigenvalue weighted by Gasteiger charge is 2.27. The van der Waals surface area contributed by atoms with E-state index in [1.807, 2.05) is 45.9 Å². The van der Waals surface area contributed by atoms with Crippen molar-refractivity contribution in [1.82, 2.24) is 0 Å². The number of aliphatic hydroxyl groups excluding tert-OH is 1. The number of benzene rings is 1. The van der Waals surface area contributed by atoms with Crippen LogP contribution in [0.15, 0.2) is 47.3 Å². The van der Waals surface area contributed by atoms with Crippen LogP contribution in [0.1, 0.15) is 152 Å².